The van der Waals surface area contributed by atoms with Crippen LogP contribution in [0.4, 0.5) is 0 Å². The number of ether oxygens (including phenoxy) is 3. The van der Waals surface area contributed by atoms with Gasteiger partial charge in [-0.2, -0.15) is 5.10 Å². The van der Waals surface area contributed by atoms with E-state index in [1.165, 1.54) is 11.1 Å². The van der Waals surface area contributed by atoms with Crippen molar-refractivity contribution in [2.24, 2.45) is 0 Å². The summed E-state index contributed by atoms with van der Waals surface area (Å²) in [6.07, 6.45) is 8.47. The summed E-state index contributed by atoms with van der Waals surface area (Å²) in [5, 5.41) is 8.21. The fourth-order valence-electron chi connectivity index (χ4n) is 3.91. The van der Waals surface area contributed by atoms with E-state index in [0.29, 0.717) is 18.9 Å². The summed E-state index contributed by atoms with van der Waals surface area (Å²) >= 11 is 0. The zero-order valence-electron chi connectivity index (χ0n) is 16.2. The molecule has 6 nitrogen and oxygen atoms in total. The van der Waals surface area contributed by atoms with Gasteiger partial charge < -0.3 is 19.5 Å². The molecule has 0 spiro atoms. The van der Waals surface area contributed by atoms with Crippen molar-refractivity contribution in [1.82, 2.24) is 15.1 Å². The summed E-state index contributed by atoms with van der Waals surface area (Å²) in [5.41, 5.74) is 2.46. The Bertz CT molecular complexity index is 761. The average molecular weight is 371 g/mol. The van der Waals surface area contributed by atoms with E-state index in [9.17, 15) is 0 Å². The topological polar surface area (TPSA) is 57.5 Å². The van der Waals surface area contributed by atoms with Crippen LogP contribution in [0.1, 0.15) is 50.3 Å². The third-order valence-corrected chi connectivity index (χ3v) is 5.43. The van der Waals surface area contributed by atoms with Gasteiger partial charge in [0.25, 0.3) is 0 Å². The van der Waals surface area contributed by atoms with Crippen molar-refractivity contribution in [3.63, 3.8) is 0 Å². The Morgan fingerprint density at radius 3 is 3.04 bits per heavy atom. The Morgan fingerprint density at radius 1 is 1.30 bits per heavy atom. The number of benzene rings is 1. The SMILES string of the molecule is CCn1cc([C@H]2OCCC[C@@H]2NC(C)CCc2ccc3c(c2)OCO3)cn1. The van der Waals surface area contributed by atoms with Gasteiger partial charge in [-0.05, 0) is 57.2 Å². The van der Waals surface area contributed by atoms with Gasteiger partial charge in [-0.3, -0.25) is 4.68 Å². The van der Waals surface area contributed by atoms with Gasteiger partial charge in [0, 0.05) is 37.0 Å². The quantitative estimate of drug-likeness (QED) is 0.808. The van der Waals surface area contributed by atoms with Crippen molar-refractivity contribution < 1.29 is 14.2 Å². The lowest BCUT2D eigenvalue weighted by Crippen LogP contribution is -2.44. The summed E-state index contributed by atoms with van der Waals surface area (Å²) < 4.78 is 18.9. The molecular weight excluding hydrogens is 342 g/mol. The molecule has 0 amide bonds. The molecule has 0 bridgehead atoms. The normalized spacial score (nSPS) is 22.7. The standard InChI is InChI=1S/C21H29N3O3/c1-3-24-13-17(12-22-24)21-18(5-4-10-25-21)23-15(2)6-7-16-8-9-19-20(11-16)27-14-26-19/h8-9,11-13,15,18,21,23H,3-7,10,14H2,1-2H3/t15?,18-,21+/m0/s1. The lowest BCUT2D eigenvalue weighted by molar-refractivity contribution is -0.0136. The Hall–Kier alpha value is -2.05. The minimum atomic E-state index is 0.0899. The van der Waals surface area contributed by atoms with Gasteiger partial charge in [-0.1, -0.05) is 6.07 Å². The fraction of sp³-hybridized carbons (Fsp3) is 0.571. The van der Waals surface area contributed by atoms with E-state index in [0.717, 1.165) is 50.3 Å². The summed E-state index contributed by atoms with van der Waals surface area (Å²) in [6.45, 7) is 6.40. The van der Waals surface area contributed by atoms with E-state index < -0.39 is 0 Å². The van der Waals surface area contributed by atoms with E-state index in [-0.39, 0.29) is 6.10 Å². The maximum absolute atomic E-state index is 6.10. The van der Waals surface area contributed by atoms with E-state index in [4.69, 9.17) is 14.2 Å². The molecule has 4 rings (SSSR count). The number of hydrogen-bond acceptors (Lipinski definition) is 5. The minimum absolute atomic E-state index is 0.0899. The zero-order chi connectivity index (χ0) is 18.6. The lowest BCUT2D eigenvalue weighted by atomic mass is 9.96. The second-order valence-electron chi connectivity index (χ2n) is 7.46. The van der Waals surface area contributed by atoms with Gasteiger partial charge in [0.15, 0.2) is 11.5 Å². The first-order chi connectivity index (χ1) is 13.2. The number of hydrogen-bond donors (Lipinski definition) is 1. The molecule has 2 aliphatic heterocycles. The van der Waals surface area contributed by atoms with Crippen molar-refractivity contribution >= 4 is 0 Å². The average Bonchev–Trinajstić information content (AvgIpc) is 3.35. The predicted molar refractivity (Wildman–Crippen MR) is 103 cm³/mol. The van der Waals surface area contributed by atoms with E-state index in [2.05, 4.69) is 42.6 Å². The van der Waals surface area contributed by atoms with Crippen LogP contribution in [0.2, 0.25) is 0 Å². The first-order valence-corrected chi connectivity index (χ1v) is 10.0. The van der Waals surface area contributed by atoms with E-state index in [1.807, 2.05) is 16.9 Å². The zero-order valence-corrected chi connectivity index (χ0v) is 16.2. The second kappa shape index (κ2) is 8.31. The number of nitrogens with zero attached hydrogens (tertiary/aromatic N) is 2. The van der Waals surface area contributed by atoms with Crippen LogP contribution in [0.25, 0.3) is 0 Å². The summed E-state index contributed by atoms with van der Waals surface area (Å²) in [6, 6.07) is 6.98. The molecule has 0 radical (unpaired) electrons. The highest BCUT2D eigenvalue weighted by atomic mass is 16.7. The minimum Gasteiger partial charge on any atom is -0.454 e. The third kappa shape index (κ3) is 4.28. The van der Waals surface area contributed by atoms with Crippen LogP contribution >= 0.6 is 0 Å². The molecule has 1 aromatic carbocycles. The highest BCUT2D eigenvalue weighted by Gasteiger charge is 2.29. The highest BCUT2D eigenvalue weighted by molar-refractivity contribution is 5.44. The molecule has 0 aliphatic carbocycles. The maximum Gasteiger partial charge on any atom is 0.231 e. The molecule has 2 aromatic rings. The Balaban J connectivity index is 1.33. The third-order valence-electron chi connectivity index (χ3n) is 5.43. The van der Waals surface area contributed by atoms with Crippen LogP contribution in [0.5, 0.6) is 11.5 Å². The van der Waals surface area contributed by atoms with E-state index >= 15 is 0 Å². The van der Waals surface area contributed by atoms with Gasteiger partial charge in [0.05, 0.1) is 6.20 Å². The molecule has 3 atom stereocenters. The van der Waals surface area contributed by atoms with Crippen LogP contribution in [0.15, 0.2) is 30.6 Å². The molecule has 1 fully saturated rings. The van der Waals surface area contributed by atoms with Crippen LogP contribution in [0, 0.1) is 0 Å². The predicted octanol–water partition coefficient (Wildman–Crippen LogP) is 3.46. The molecule has 27 heavy (non-hydrogen) atoms. The van der Waals surface area contributed by atoms with Crippen LogP contribution in [-0.4, -0.2) is 35.3 Å². The molecule has 1 N–H and O–H groups in total. The van der Waals surface area contributed by atoms with Crippen molar-refractivity contribution in [1.29, 1.82) is 0 Å². The van der Waals surface area contributed by atoms with Crippen molar-refractivity contribution in [3.8, 4) is 11.5 Å². The van der Waals surface area contributed by atoms with Gasteiger partial charge in [-0.15, -0.1) is 0 Å². The number of aromatic nitrogens is 2. The monoisotopic (exact) mass is 371 g/mol. The van der Waals surface area contributed by atoms with Crippen LogP contribution in [-0.2, 0) is 17.7 Å². The number of rotatable bonds is 7. The first-order valence-electron chi connectivity index (χ1n) is 10.0. The molecule has 1 saturated heterocycles. The molecule has 0 saturated carbocycles. The number of fused-ring (bicyclic) bond motifs is 1. The van der Waals surface area contributed by atoms with Gasteiger partial charge in [0.1, 0.15) is 6.10 Å². The molecule has 2 aliphatic rings. The van der Waals surface area contributed by atoms with Gasteiger partial charge >= 0.3 is 0 Å². The van der Waals surface area contributed by atoms with Crippen LogP contribution in [0.3, 0.4) is 0 Å². The molecule has 1 unspecified atom stereocenters. The Kier molecular flexibility index (Phi) is 5.64. The molecule has 1 aromatic heterocycles. The summed E-state index contributed by atoms with van der Waals surface area (Å²) in [7, 11) is 0. The molecule has 6 heteroatoms. The molecular formula is C21H29N3O3. The highest BCUT2D eigenvalue weighted by Crippen LogP contribution is 2.33. The Morgan fingerprint density at radius 2 is 2.19 bits per heavy atom. The second-order valence-corrected chi connectivity index (χ2v) is 7.46. The number of aryl methyl sites for hydroxylation is 2. The molecule has 146 valence electrons. The Labute approximate surface area is 160 Å². The largest absolute Gasteiger partial charge is 0.454 e. The summed E-state index contributed by atoms with van der Waals surface area (Å²) in [5.74, 6) is 1.71. The fourth-order valence-corrected chi connectivity index (χ4v) is 3.91. The maximum atomic E-state index is 6.10. The van der Waals surface area contributed by atoms with Gasteiger partial charge in [-0.25, -0.2) is 0 Å². The molecule has 3 heterocycles. The van der Waals surface area contributed by atoms with Crippen molar-refractivity contribution in [2.45, 2.75) is 64.3 Å². The van der Waals surface area contributed by atoms with Gasteiger partial charge in [0.2, 0.25) is 6.79 Å². The lowest BCUT2D eigenvalue weighted by Gasteiger charge is -2.34. The number of nitrogens with one attached hydrogen (secondary N) is 1. The van der Waals surface area contributed by atoms with E-state index in [1.54, 1.807) is 0 Å². The van der Waals surface area contributed by atoms with Crippen molar-refractivity contribution in [2.75, 3.05) is 13.4 Å². The van der Waals surface area contributed by atoms with Crippen LogP contribution < -0.4 is 14.8 Å². The summed E-state index contributed by atoms with van der Waals surface area (Å²) in [4.78, 5) is 0. The first kappa shape index (κ1) is 18.3. The van der Waals surface area contributed by atoms with Crippen molar-refractivity contribution in [3.05, 3.63) is 41.7 Å². The smallest absolute Gasteiger partial charge is 0.231 e.